The van der Waals surface area contributed by atoms with Crippen LogP contribution in [0.1, 0.15) is 44.7 Å². The van der Waals surface area contributed by atoms with Crippen molar-refractivity contribution in [1.29, 1.82) is 0 Å². The molecule has 192 valence electrons. The minimum atomic E-state index is -3.84. The van der Waals surface area contributed by atoms with Gasteiger partial charge in [-0.05, 0) is 49.9 Å². The molecule has 2 aromatic carbocycles. The first-order valence-electron chi connectivity index (χ1n) is 11.8. The molecule has 0 unspecified atom stereocenters. The number of ether oxygens (including phenoxy) is 1. The summed E-state index contributed by atoms with van der Waals surface area (Å²) in [4.78, 5) is 28.3. The van der Waals surface area contributed by atoms with Gasteiger partial charge in [-0.2, -0.15) is 0 Å². The van der Waals surface area contributed by atoms with Crippen LogP contribution in [0.2, 0.25) is 0 Å². The van der Waals surface area contributed by atoms with Crippen LogP contribution in [0.3, 0.4) is 0 Å². The van der Waals surface area contributed by atoms with E-state index in [1.807, 2.05) is 58.0 Å². The Morgan fingerprint density at radius 3 is 2.26 bits per heavy atom. The molecule has 0 aliphatic heterocycles. The fourth-order valence-corrected chi connectivity index (χ4v) is 4.58. The van der Waals surface area contributed by atoms with E-state index in [1.54, 1.807) is 18.2 Å². The van der Waals surface area contributed by atoms with Gasteiger partial charge in [0, 0.05) is 12.6 Å². The fourth-order valence-electron chi connectivity index (χ4n) is 3.73. The molecule has 2 rings (SSSR count). The quantitative estimate of drug-likeness (QED) is 0.478. The highest BCUT2D eigenvalue weighted by atomic mass is 32.2. The second kappa shape index (κ2) is 12.6. The number of amides is 2. The number of anilines is 1. The second-order valence-corrected chi connectivity index (χ2v) is 10.6. The van der Waals surface area contributed by atoms with Crippen molar-refractivity contribution in [3.05, 3.63) is 59.7 Å². The number of rotatable bonds is 12. The first-order valence-corrected chi connectivity index (χ1v) is 13.6. The van der Waals surface area contributed by atoms with Gasteiger partial charge in [-0.3, -0.25) is 13.9 Å². The van der Waals surface area contributed by atoms with Gasteiger partial charge in [0.05, 0.1) is 19.1 Å². The zero-order chi connectivity index (χ0) is 26.2. The number of aryl methyl sites for hydroxylation is 1. The van der Waals surface area contributed by atoms with Crippen LogP contribution in [-0.4, -0.2) is 57.1 Å². The van der Waals surface area contributed by atoms with Crippen molar-refractivity contribution in [2.45, 2.75) is 59.2 Å². The topological polar surface area (TPSA) is 96.0 Å². The van der Waals surface area contributed by atoms with Crippen molar-refractivity contribution in [3.8, 4) is 5.75 Å². The highest BCUT2D eigenvalue weighted by molar-refractivity contribution is 7.92. The van der Waals surface area contributed by atoms with Crippen LogP contribution >= 0.6 is 0 Å². The molecule has 1 N–H and O–H groups in total. The second-order valence-electron chi connectivity index (χ2n) is 8.69. The maximum atomic E-state index is 13.7. The molecule has 0 bridgehead atoms. The van der Waals surface area contributed by atoms with E-state index in [0.29, 0.717) is 12.2 Å². The van der Waals surface area contributed by atoms with Gasteiger partial charge in [0.2, 0.25) is 21.8 Å². The van der Waals surface area contributed by atoms with E-state index in [0.717, 1.165) is 28.1 Å². The summed E-state index contributed by atoms with van der Waals surface area (Å²) in [5, 5.41) is 2.96. The van der Waals surface area contributed by atoms with E-state index in [-0.39, 0.29) is 24.2 Å². The van der Waals surface area contributed by atoms with Crippen LogP contribution in [0, 0.1) is 6.92 Å². The van der Waals surface area contributed by atoms with Gasteiger partial charge in [-0.25, -0.2) is 8.42 Å². The summed E-state index contributed by atoms with van der Waals surface area (Å²) in [6.07, 6.45) is 2.19. The largest absolute Gasteiger partial charge is 0.495 e. The maximum absolute atomic E-state index is 13.7. The van der Waals surface area contributed by atoms with Crippen LogP contribution in [-0.2, 0) is 26.2 Å². The standard InChI is InChI=1S/C26H37N3O5S/c1-7-20(4)27-26(31)22(8-2)28(17-21-12-10-9-11-13-21)25(30)18-29(35(6,32)33)23-16-19(3)14-15-24(23)34-5/h9-16,20,22H,7-8,17-18H2,1-6H3,(H,27,31)/t20-,22-/m1/s1. The Morgan fingerprint density at radius 1 is 1.06 bits per heavy atom. The molecule has 0 spiro atoms. The first-order chi connectivity index (χ1) is 16.5. The lowest BCUT2D eigenvalue weighted by molar-refractivity contribution is -0.140. The molecule has 0 saturated carbocycles. The summed E-state index contributed by atoms with van der Waals surface area (Å²) in [5.41, 5.74) is 1.94. The number of nitrogens with zero attached hydrogens (tertiary/aromatic N) is 2. The Labute approximate surface area is 209 Å². The monoisotopic (exact) mass is 503 g/mol. The van der Waals surface area contributed by atoms with Crippen molar-refractivity contribution < 1.29 is 22.7 Å². The molecule has 0 aliphatic rings. The molecule has 2 atom stereocenters. The number of carbonyl (C=O) groups excluding carboxylic acids is 2. The summed E-state index contributed by atoms with van der Waals surface area (Å²) in [5.74, 6) is -0.399. The van der Waals surface area contributed by atoms with E-state index < -0.39 is 28.5 Å². The molecule has 0 heterocycles. The van der Waals surface area contributed by atoms with Crippen molar-refractivity contribution >= 4 is 27.5 Å². The van der Waals surface area contributed by atoms with Crippen molar-refractivity contribution in [1.82, 2.24) is 10.2 Å². The Bertz CT molecular complexity index is 1110. The summed E-state index contributed by atoms with van der Waals surface area (Å²) in [6, 6.07) is 13.7. The predicted molar refractivity (Wildman–Crippen MR) is 139 cm³/mol. The molecule has 0 saturated heterocycles. The van der Waals surface area contributed by atoms with Crippen molar-refractivity contribution in [2.75, 3.05) is 24.2 Å². The zero-order valence-electron chi connectivity index (χ0n) is 21.4. The Hall–Kier alpha value is -3.07. The number of hydrogen-bond donors (Lipinski definition) is 1. The van der Waals surface area contributed by atoms with Crippen LogP contribution < -0.4 is 14.4 Å². The average Bonchev–Trinajstić information content (AvgIpc) is 2.82. The summed E-state index contributed by atoms with van der Waals surface area (Å²) in [7, 11) is -2.39. The normalized spacial score (nSPS) is 13.0. The molecular weight excluding hydrogens is 466 g/mol. The minimum absolute atomic E-state index is 0.0469. The first kappa shape index (κ1) is 28.2. The summed E-state index contributed by atoms with van der Waals surface area (Å²) in [6.45, 7) is 7.26. The number of carbonyl (C=O) groups is 2. The van der Waals surface area contributed by atoms with Crippen LogP contribution in [0.15, 0.2) is 48.5 Å². The molecule has 2 amide bonds. The highest BCUT2D eigenvalue weighted by Gasteiger charge is 2.32. The lowest BCUT2D eigenvalue weighted by Gasteiger charge is -2.33. The number of benzene rings is 2. The fraction of sp³-hybridized carbons (Fsp3) is 0.462. The molecule has 0 aliphatic carbocycles. The van der Waals surface area contributed by atoms with Gasteiger partial charge in [0.15, 0.2) is 0 Å². The smallest absolute Gasteiger partial charge is 0.244 e. The SMILES string of the molecule is CC[C@@H](C)NC(=O)[C@@H](CC)N(Cc1ccccc1)C(=O)CN(c1cc(C)ccc1OC)S(C)(=O)=O. The van der Waals surface area contributed by atoms with Crippen LogP contribution in [0.5, 0.6) is 5.75 Å². The van der Waals surface area contributed by atoms with Crippen molar-refractivity contribution in [2.24, 2.45) is 0 Å². The Morgan fingerprint density at radius 2 is 1.71 bits per heavy atom. The van der Waals surface area contributed by atoms with Gasteiger partial charge in [0.1, 0.15) is 18.3 Å². The third-order valence-corrected chi connectivity index (χ3v) is 6.99. The Balaban J connectivity index is 2.48. The van der Waals surface area contributed by atoms with Gasteiger partial charge in [-0.1, -0.05) is 50.2 Å². The number of methoxy groups -OCH3 is 1. The minimum Gasteiger partial charge on any atom is -0.495 e. The maximum Gasteiger partial charge on any atom is 0.244 e. The van der Waals surface area contributed by atoms with Gasteiger partial charge >= 0.3 is 0 Å². The number of nitrogens with one attached hydrogen (secondary N) is 1. The lowest BCUT2D eigenvalue weighted by atomic mass is 10.1. The van der Waals surface area contributed by atoms with Gasteiger partial charge < -0.3 is 15.0 Å². The molecule has 2 aromatic rings. The molecule has 8 nitrogen and oxygen atoms in total. The number of sulfonamides is 1. The predicted octanol–water partition coefficient (Wildman–Crippen LogP) is 3.49. The molecular formula is C26H37N3O5S. The van der Waals surface area contributed by atoms with Crippen LogP contribution in [0.4, 0.5) is 5.69 Å². The van der Waals surface area contributed by atoms with Crippen molar-refractivity contribution in [3.63, 3.8) is 0 Å². The van der Waals surface area contributed by atoms with Crippen LogP contribution in [0.25, 0.3) is 0 Å². The van der Waals surface area contributed by atoms with E-state index in [9.17, 15) is 18.0 Å². The average molecular weight is 504 g/mol. The summed E-state index contributed by atoms with van der Waals surface area (Å²) >= 11 is 0. The lowest BCUT2D eigenvalue weighted by Crippen LogP contribution is -2.53. The van der Waals surface area contributed by atoms with Gasteiger partial charge in [-0.15, -0.1) is 0 Å². The number of hydrogen-bond acceptors (Lipinski definition) is 5. The third kappa shape index (κ3) is 7.71. The van der Waals surface area contributed by atoms with E-state index in [1.165, 1.54) is 12.0 Å². The van der Waals surface area contributed by atoms with E-state index in [4.69, 9.17) is 4.74 Å². The Kier molecular flexibility index (Phi) is 10.1. The van der Waals surface area contributed by atoms with Gasteiger partial charge in [0.25, 0.3) is 0 Å². The van der Waals surface area contributed by atoms with E-state index in [2.05, 4.69) is 5.32 Å². The molecule has 9 heteroatoms. The molecule has 35 heavy (non-hydrogen) atoms. The molecule has 0 aromatic heterocycles. The van der Waals surface area contributed by atoms with E-state index >= 15 is 0 Å². The zero-order valence-corrected chi connectivity index (χ0v) is 22.3. The molecule has 0 radical (unpaired) electrons. The highest BCUT2D eigenvalue weighted by Crippen LogP contribution is 2.31. The summed E-state index contributed by atoms with van der Waals surface area (Å²) < 4.78 is 32.0. The molecule has 0 fully saturated rings. The third-order valence-electron chi connectivity index (χ3n) is 5.86.